The molecule has 0 bridgehead atoms. The predicted molar refractivity (Wildman–Crippen MR) is 137 cm³/mol. The molecule has 2 aliphatic heterocycles. The zero-order valence-electron chi connectivity index (χ0n) is 20.9. The van der Waals surface area contributed by atoms with Crippen LogP contribution >= 0.6 is 0 Å². The number of carbonyl (C=O) groups excluding carboxylic acids is 1. The van der Waals surface area contributed by atoms with Gasteiger partial charge in [-0.15, -0.1) is 13.1 Å². The lowest BCUT2D eigenvalue weighted by Crippen LogP contribution is -2.40. The quantitative estimate of drug-likeness (QED) is 0.402. The van der Waals surface area contributed by atoms with Gasteiger partial charge in [-0.2, -0.15) is 0 Å². The van der Waals surface area contributed by atoms with E-state index >= 15 is 0 Å². The summed E-state index contributed by atoms with van der Waals surface area (Å²) >= 11 is 0. The lowest BCUT2D eigenvalue weighted by Gasteiger charge is -2.32. The number of likely N-dealkylation sites (tertiary alicyclic amines) is 1. The molecule has 2 saturated heterocycles. The number of rotatable bonds is 5. The van der Waals surface area contributed by atoms with Gasteiger partial charge in [0.1, 0.15) is 17.4 Å². The molecule has 190 valence electrons. The topological polar surface area (TPSA) is 110 Å². The molecular weight excluding hydrogens is 456 g/mol. The summed E-state index contributed by atoms with van der Waals surface area (Å²) in [4.78, 5) is 27.0. The Labute approximate surface area is 211 Å². The van der Waals surface area contributed by atoms with Crippen molar-refractivity contribution in [2.45, 2.75) is 58.1 Å². The maximum absolute atomic E-state index is 13.1. The maximum Gasteiger partial charge on any atom is 0.230 e. The number of piperidine rings is 1. The van der Waals surface area contributed by atoms with Crippen molar-refractivity contribution in [3.8, 4) is 5.75 Å². The SMILES string of the molecule is CC(=O)N1CCC(Oc2cccc3nc(/N=C(\[O-])c4ccnc(C)c4)n([C@@H]4CCCC[N-]C4)c23)CC1. The fourth-order valence-corrected chi connectivity index (χ4v) is 5.07. The monoisotopic (exact) mass is 488 g/mol. The lowest BCUT2D eigenvalue weighted by atomic mass is 10.1. The van der Waals surface area contributed by atoms with E-state index in [2.05, 4.69) is 14.5 Å². The molecule has 0 aliphatic carbocycles. The van der Waals surface area contributed by atoms with Crippen LogP contribution in [-0.2, 0) is 4.79 Å². The third kappa shape index (κ3) is 5.21. The summed E-state index contributed by atoms with van der Waals surface area (Å²) in [6.07, 6.45) is 6.23. The standard InChI is InChI=1S/C27H33N6O3/c1-18-16-20(9-13-29-18)26(35)31-27-30-23-7-5-8-24(36-22-10-14-32(15-11-22)19(2)34)25(23)33(27)21-6-3-4-12-28-17-21/h5,7-9,13,16,21-22H,3-4,6,10-12,14-15,17H2,1-2H3,(H,30,31,35)/q-1/p-1/t21-/m1/s1. The van der Waals surface area contributed by atoms with Crippen molar-refractivity contribution >= 4 is 28.8 Å². The molecule has 0 unspecified atom stereocenters. The minimum Gasteiger partial charge on any atom is -0.858 e. The van der Waals surface area contributed by atoms with Crippen LogP contribution in [0.25, 0.3) is 16.4 Å². The van der Waals surface area contributed by atoms with E-state index in [0.717, 1.165) is 61.1 Å². The average molecular weight is 489 g/mol. The molecule has 2 fully saturated rings. The van der Waals surface area contributed by atoms with Crippen LogP contribution in [0.5, 0.6) is 5.75 Å². The number of hydrogen-bond donors (Lipinski definition) is 0. The number of para-hydroxylation sites is 1. The Bertz CT molecular complexity index is 1250. The van der Waals surface area contributed by atoms with Crippen LogP contribution in [0, 0.1) is 6.92 Å². The number of aromatic nitrogens is 3. The van der Waals surface area contributed by atoms with Gasteiger partial charge in [0.2, 0.25) is 11.9 Å². The molecule has 0 N–H and O–H groups in total. The largest absolute Gasteiger partial charge is 0.858 e. The van der Waals surface area contributed by atoms with Gasteiger partial charge in [-0.05, 0) is 49.1 Å². The zero-order chi connectivity index (χ0) is 25.1. The highest BCUT2D eigenvalue weighted by molar-refractivity contribution is 5.93. The highest BCUT2D eigenvalue weighted by Gasteiger charge is 2.25. The number of fused-ring (bicyclic) bond motifs is 1. The Morgan fingerprint density at radius 2 is 2.03 bits per heavy atom. The molecule has 1 amide bonds. The molecule has 9 heteroatoms. The molecule has 36 heavy (non-hydrogen) atoms. The van der Waals surface area contributed by atoms with E-state index in [9.17, 15) is 9.90 Å². The highest BCUT2D eigenvalue weighted by atomic mass is 16.5. The molecule has 0 radical (unpaired) electrons. The number of amides is 1. The van der Waals surface area contributed by atoms with Crippen molar-refractivity contribution < 1.29 is 14.6 Å². The van der Waals surface area contributed by atoms with Crippen LogP contribution in [0.4, 0.5) is 5.95 Å². The van der Waals surface area contributed by atoms with E-state index < -0.39 is 0 Å². The maximum atomic E-state index is 13.1. The van der Waals surface area contributed by atoms with Crippen molar-refractivity contribution in [1.82, 2.24) is 19.4 Å². The number of hydrogen-bond acceptors (Lipinski definition) is 6. The van der Waals surface area contributed by atoms with E-state index in [4.69, 9.17) is 15.0 Å². The highest BCUT2D eigenvalue weighted by Crippen LogP contribution is 2.37. The first-order valence-corrected chi connectivity index (χ1v) is 12.7. The first-order chi connectivity index (χ1) is 17.5. The minimum absolute atomic E-state index is 0.00943. The summed E-state index contributed by atoms with van der Waals surface area (Å²) in [6, 6.07) is 9.28. The van der Waals surface area contributed by atoms with Crippen molar-refractivity contribution in [1.29, 1.82) is 0 Å². The van der Waals surface area contributed by atoms with Crippen LogP contribution in [0.15, 0.2) is 41.5 Å². The Morgan fingerprint density at radius 1 is 1.19 bits per heavy atom. The number of aliphatic imine (C=N–C) groups is 1. The number of imidazole rings is 1. The Morgan fingerprint density at radius 3 is 2.81 bits per heavy atom. The van der Waals surface area contributed by atoms with E-state index in [-0.39, 0.29) is 24.0 Å². The number of aryl methyl sites for hydroxylation is 1. The Hall–Kier alpha value is -3.46. The van der Waals surface area contributed by atoms with E-state index in [1.165, 1.54) is 0 Å². The third-order valence-corrected chi connectivity index (χ3v) is 6.99. The second-order valence-electron chi connectivity index (χ2n) is 9.61. The molecule has 2 aromatic heterocycles. The van der Waals surface area contributed by atoms with Crippen LogP contribution in [0.3, 0.4) is 0 Å². The predicted octanol–water partition coefficient (Wildman–Crippen LogP) is 3.67. The van der Waals surface area contributed by atoms with Gasteiger partial charge >= 0.3 is 0 Å². The van der Waals surface area contributed by atoms with Gasteiger partial charge in [-0.1, -0.05) is 18.9 Å². The van der Waals surface area contributed by atoms with Crippen LogP contribution in [0.2, 0.25) is 0 Å². The van der Waals surface area contributed by atoms with Crippen molar-refractivity contribution in [3.63, 3.8) is 0 Å². The summed E-state index contributed by atoms with van der Waals surface area (Å²) in [5, 5.41) is 17.8. The summed E-state index contributed by atoms with van der Waals surface area (Å²) < 4.78 is 8.58. The second-order valence-corrected chi connectivity index (χ2v) is 9.61. The van der Waals surface area contributed by atoms with Gasteiger partial charge in [-0.3, -0.25) is 9.78 Å². The van der Waals surface area contributed by atoms with Gasteiger partial charge in [0.05, 0.1) is 5.52 Å². The summed E-state index contributed by atoms with van der Waals surface area (Å²) in [5.74, 6) is 0.876. The van der Waals surface area contributed by atoms with E-state index in [0.29, 0.717) is 31.1 Å². The smallest absolute Gasteiger partial charge is 0.230 e. The molecule has 1 aromatic carbocycles. The number of ether oxygens (including phenoxy) is 1. The first kappa shape index (κ1) is 24.2. The van der Waals surface area contributed by atoms with Crippen LogP contribution in [0.1, 0.15) is 56.3 Å². The third-order valence-electron chi connectivity index (χ3n) is 6.99. The van der Waals surface area contributed by atoms with Crippen molar-refractivity contribution in [2.24, 2.45) is 4.99 Å². The van der Waals surface area contributed by atoms with Gasteiger partial charge in [0.15, 0.2) is 0 Å². The molecule has 1 atom stereocenters. The van der Waals surface area contributed by atoms with Crippen molar-refractivity contribution in [3.05, 3.63) is 53.1 Å². The van der Waals surface area contributed by atoms with Gasteiger partial charge in [-0.25, -0.2) is 9.98 Å². The normalized spacial score (nSPS) is 19.9. The molecule has 3 aromatic rings. The van der Waals surface area contributed by atoms with E-state index in [1.807, 2.05) is 30.0 Å². The number of carbonyl (C=O) groups is 1. The van der Waals surface area contributed by atoms with Gasteiger partial charge < -0.3 is 24.6 Å². The minimum atomic E-state index is -0.346. The molecule has 2 aliphatic rings. The summed E-state index contributed by atoms with van der Waals surface area (Å²) in [7, 11) is 0. The van der Waals surface area contributed by atoms with Crippen LogP contribution < -0.4 is 9.84 Å². The molecule has 0 saturated carbocycles. The zero-order valence-corrected chi connectivity index (χ0v) is 20.9. The lowest BCUT2D eigenvalue weighted by molar-refractivity contribution is -0.212. The molecular formula is C27H32N6O3-2. The fourth-order valence-electron chi connectivity index (χ4n) is 5.07. The molecule has 9 nitrogen and oxygen atoms in total. The molecule has 4 heterocycles. The van der Waals surface area contributed by atoms with Crippen molar-refractivity contribution in [2.75, 3.05) is 26.2 Å². The molecule has 0 spiro atoms. The van der Waals surface area contributed by atoms with Crippen LogP contribution in [-0.4, -0.2) is 63.5 Å². The first-order valence-electron chi connectivity index (χ1n) is 12.7. The fraction of sp³-hybridized carbons (Fsp3) is 0.481. The molecule has 5 rings (SSSR count). The van der Waals surface area contributed by atoms with Gasteiger partial charge in [0.25, 0.3) is 0 Å². The number of nitrogens with zero attached hydrogens (tertiary/aromatic N) is 6. The Kier molecular flexibility index (Phi) is 7.18. The summed E-state index contributed by atoms with van der Waals surface area (Å²) in [6.45, 7) is 6.35. The Balaban J connectivity index is 1.54. The number of pyridine rings is 1. The average Bonchev–Trinajstić information content (AvgIpc) is 3.03. The van der Waals surface area contributed by atoms with E-state index in [1.54, 1.807) is 25.3 Å². The summed E-state index contributed by atoms with van der Waals surface area (Å²) in [5.41, 5.74) is 2.85. The van der Waals surface area contributed by atoms with Gasteiger partial charge in [0, 0.05) is 50.8 Å². The number of benzene rings is 1. The second kappa shape index (κ2) is 10.7.